The number of rotatable bonds is 54. The number of esters is 3. The average molecular weight is 1090 g/mol. The lowest BCUT2D eigenvalue weighted by Crippen LogP contribution is -2.30. The summed E-state index contributed by atoms with van der Waals surface area (Å²) in [4.78, 5) is 38.3. The number of ether oxygens (including phenoxy) is 3. The highest BCUT2D eigenvalue weighted by Crippen LogP contribution is 2.13. The van der Waals surface area contributed by atoms with Gasteiger partial charge in [0.05, 0.1) is 0 Å². The molecular formula is C73H112O6. The number of unbranched alkanes of at least 4 members (excludes halogenated alkanes) is 13. The van der Waals surface area contributed by atoms with E-state index in [9.17, 15) is 14.4 Å². The molecule has 0 amide bonds. The fourth-order valence-electron chi connectivity index (χ4n) is 7.76. The minimum atomic E-state index is -0.841. The molecule has 0 aliphatic heterocycles. The van der Waals surface area contributed by atoms with Crippen molar-refractivity contribution in [3.05, 3.63) is 182 Å². The number of allylic oxidation sites excluding steroid dienone is 30. The second kappa shape index (κ2) is 65.0. The summed E-state index contributed by atoms with van der Waals surface area (Å²) in [6.07, 6.45) is 97.5. The van der Waals surface area contributed by atoms with Crippen LogP contribution in [0.5, 0.6) is 0 Å². The van der Waals surface area contributed by atoms with Crippen molar-refractivity contribution in [2.24, 2.45) is 0 Å². The Bertz CT molecular complexity index is 1870. The van der Waals surface area contributed by atoms with E-state index in [4.69, 9.17) is 14.2 Å². The highest BCUT2D eigenvalue weighted by atomic mass is 16.6. The van der Waals surface area contributed by atoms with Crippen LogP contribution in [-0.2, 0) is 28.6 Å². The number of carbonyl (C=O) groups excluding carboxylic acids is 3. The average Bonchev–Trinajstić information content (AvgIpc) is 3.45. The molecule has 0 N–H and O–H groups in total. The Morgan fingerprint density at radius 3 is 0.848 bits per heavy atom. The van der Waals surface area contributed by atoms with Crippen LogP contribution in [0.2, 0.25) is 0 Å². The quantitative estimate of drug-likeness (QED) is 0.0261. The second-order valence-electron chi connectivity index (χ2n) is 19.8. The molecule has 0 rings (SSSR count). The largest absolute Gasteiger partial charge is 0.462 e. The van der Waals surface area contributed by atoms with E-state index in [0.29, 0.717) is 19.3 Å². The van der Waals surface area contributed by atoms with Crippen LogP contribution in [0.3, 0.4) is 0 Å². The summed E-state index contributed by atoms with van der Waals surface area (Å²) in [7, 11) is 0. The van der Waals surface area contributed by atoms with Gasteiger partial charge in [-0.25, -0.2) is 0 Å². The van der Waals surface area contributed by atoms with Gasteiger partial charge in [0.15, 0.2) is 6.10 Å². The van der Waals surface area contributed by atoms with E-state index in [0.717, 1.165) is 135 Å². The van der Waals surface area contributed by atoms with E-state index >= 15 is 0 Å². The van der Waals surface area contributed by atoms with E-state index < -0.39 is 6.10 Å². The van der Waals surface area contributed by atoms with Crippen molar-refractivity contribution in [3.63, 3.8) is 0 Å². The van der Waals surface area contributed by atoms with Gasteiger partial charge < -0.3 is 14.2 Å². The van der Waals surface area contributed by atoms with Crippen LogP contribution in [0.1, 0.15) is 239 Å². The smallest absolute Gasteiger partial charge is 0.306 e. The first kappa shape index (κ1) is 73.5. The van der Waals surface area contributed by atoms with Gasteiger partial charge in [-0.15, -0.1) is 0 Å². The van der Waals surface area contributed by atoms with Crippen molar-refractivity contribution >= 4 is 17.9 Å². The van der Waals surface area contributed by atoms with Crippen molar-refractivity contribution in [3.8, 4) is 0 Å². The standard InChI is InChI=1S/C73H112O6/c1-4-7-10-13-16-19-22-25-28-31-33-35-36-38-39-42-45-48-51-54-57-60-63-66-72(75)78-69-70(68-77-71(74)65-62-59-56-53-50-47-44-41-30-27-24-21-18-15-12-9-6-3)79-73(76)67-64-61-58-55-52-49-46-43-40-37-34-32-29-26-23-20-17-14-11-8-5-2/h7-8,10-11,16-21,25-30,33-35,37-39,43,45-46,48,52,54-55,57,70H,4-6,9,12-15,22-24,31-32,36,40-42,44,47,49-51,53,56,58-69H2,1-3H3/b10-7-,11-8-,19-16-,20-17-,21-18-,28-25-,29-26-,30-27-,35-33-,37-34-,39-38-,46-43-,48-45-,55-52-,57-54-. The molecule has 6 heteroatoms. The molecule has 0 aliphatic carbocycles. The molecule has 0 aliphatic rings. The molecule has 0 spiro atoms. The Balaban J connectivity index is 4.62. The molecule has 0 radical (unpaired) electrons. The number of hydrogen-bond donors (Lipinski definition) is 0. The predicted octanol–water partition coefficient (Wildman–Crippen LogP) is 21.7. The lowest BCUT2D eigenvalue weighted by molar-refractivity contribution is -0.167. The van der Waals surface area contributed by atoms with Crippen LogP contribution in [0.4, 0.5) is 0 Å². The molecule has 0 heterocycles. The van der Waals surface area contributed by atoms with Gasteiger partial charge in [-0.05, 0) is 154 Å². The van der Waals surface area contributed by atoms with Crippen LogP contribution in [0.25, 0.3) is 0 Å². The summed E-state index contributed by atoms with van der Waals surface area (Å²) in [5, 5.41) is 0. The van der Waals surface area contributed by atoms with E-state index in [2.05, 4.69) is 203 Å². The normalized spacial score (nSPS) is 13.4. The Labute approximate surface area is 484 Å². The zero-order valence-corrected chi connectivity index (χ0v) is 50.3. The first-order valence-corrected chi connectivity index (χ1v) is 31.3. The van der Waals surface area contributed by atoms with Crippen molar-refractivity contribution in [1.82, 2.24) is 0 Å². The Morgan fingerprint density at radius 1 is 0.266 bits per heavy atom. The highest BCUT2D eigenvalue weighted by molar-refractivity contribution is 5.71. The van der Waals surface area contributed by atoms with Crippen LogP contribution in [-0.4, -0.2) is 37.2 Å². The minimum absolute atomic E-state index is 0.128. The fourth-order valence-corrected chi connectivity index (χ4v) is 7.76. The van der Waals surface area contributed by atoms with Gasteiger partial charge in [0.25, 0.3) is 0 Å². The zero-order chi connectivity index (χ0) is 57.1. The van der Waals surface area contributed by atoms with Crippen LogP contribution in [0, 0.1) is 0 Å². The van der Waals surface area contributed by atoms with Gasteiger partial charge in [-0.1, -0.05) is 248 Å². The summed E-state index contributed by atoms with van der Waals surface area (Å²) in [5.74, 6) is -1.05. The second-order valence-corrected chi connectivity index (χ2v) is 19.8. The van der Waals surface area contributed by atoms with E-state index in [1.54, 1.807) is 0 Å². The molecule has 1 atom stereocenters. The molecule has 0 saturated heterocycles. The van der Waals surface area contributed by atoms with Gasteiger partial charge in [0.1, 0.15) is 13.2 Å². The van der Waals surface area contributed by atoms with Crippen LogP contribution in [0.15, 0.2) is 182 Å². The Kier molecular flexibility index (Phi) is 60.5. The van der Waals surface area contributed by atoms with Gasteiger partial charge in [-0.3, -0.25) is 14.4 Å². The third kappa shape index (κ3) is 63.2. The molecule has 440 valence electrons. The monoisotopic (exact) mass is 1080 g/mol. The van der Waals surface area contributed by atoms with Crippen molar-refractivity contribution in [1.29, 1.82) is 0 Å². The first-order chi connectivity index (χ1) is 39.0. The van der Waals surface area contributed by atoms with Gasteiger partial charge >= 0.3 is 17.9 Å². The highest BCUT2D eigenvalue weighted by Gasteiger charge is 2.19. The fraction of sp³-hybridized carbons (Fsp3) is 0.548. The van der Waals surface area contributed by atoms with Gasteiger partial charge in [-0.2, -0.15) is 0 Å². The zero-order valence-electron chi connectivity index (χ0n) is 50.3. The van der Waals surface area contributed by atoms with Gasteiger partial charge in [0, 0.05) is 19.3 Å². The van der Waals surface area contributed by atoms with Crippen molar-refractivity contribution in [2.45, 2.75) is 245 Å². The summed E-state index contributed by atoms with van der Waals surface area (Å²) < 4.78 is 16.8. The lowest BCUT2D eigenvalue weighted by Gasteiger charge is -2.18. The molecule has 6 nitrogen and oxygen atoms in total. The van der Waals surface area contributed by atoms with E-state index in [-0.39, 0.29) is 44.0 Å². The molecule has 0 bridgehead atoms. The third-order valence-corrected chi connectivity index (χ3v) is 12.4. The Hall–Kier alpha value is -5.49. The Morgan fingerprint density at radius 2 is 0.506 bits per heavy atom. The molecule has 0 aromatic rings. The SMILES string of the molecule is CC/C=C\C/C=C\C/C=C\C/C=C\C/C=C\C/C=C\C/C=C\CCCC(=O)OCC(COC(=O)CCCCCCCCC/C=C\C/C=C\CCCCC)OC(=O)CCCC/C=C\C/C=C\C/C=C\C/C=C\C/C=C\C/C=C\CC. The third-order valence-electron chi connectivity index (χ3n) is 12.4. The van der Waals surface area contributed by atoms with Crippen LogP contribution >= 0.6 is 0 Å². The van der Waals surface area contributed by atoms with E-state index in [1.165, 1.54) is 51.4 Å². The first-order valence-electron chi connectivity index (χ1n) is 31.3. The van der Waals surface area contributed by atoms with Crippen molar-refractivity contribution < 1.29 is 28.6 Å². The molecule has 0 fully saturated rings. The summed E-state index contributed by atoms with van der Waals surface area (Å²) in [6, 6.07) is 0. The molecule has 0 aromatic heterocycles. The molecular weight excluding hydrogens is 973 g/mol. The minimum Gasteiger partial charge on any atom is -0.462 e. The van der Waals surface area contributed by atoms with E-state index in [1.807, 2.05) is 0 Å². The van der Waals surface area contributed by atoms with Crippen molar-refractivity contribution in [2.75, 3.05) is 13.2 Å². The van der Waals surface area contributed by atoms with Gasteiger partial charge in [0.2, 0.25) is 0 Å². The maximum absolute atomic E-state index is 12.9. The topological polar surface area (TPSA) is 78.9 Å². The lowest BCUT2D eigenvalue weighted by atomic mass is 10.1. The molecule has 0 saturated carbocycles. The maximum Gasteiger partial charge on any atom is 0.306 e. The van der Waals surface area contributed by atoms with Crippen LogP contribution < -0.4 is 0 Å². The summed E-state index contributed by atoms with van der Waals surface area (Å²) in [5.41, 5.74) is 0. The number of hydrogen-bond acceptors (Lipinski definition) is 6. The summed E-state index contributed by atoms with van der Waals surface area (Å²) >= 11 is 0. The number of carbonyl (C=O) groups is 3. The summed E-state index contributed by atoms with van der Waals surface area (Å²) in [6.45, 7) is 6.28. The molecule has 79 heavy (non-hydrogen) atoms. The predicted molar refractivity (Wildman–Crippen MR) is 343 cm³/mol. The molecule has 0 aromatic carbocycles. The maximum atomic E-state index is 12.9. The molecule has 1 unspecified atom stereocenters.